The van der Waals surface area contributed by atoms with E-state index in [4.69, 9.17) is 5.11 Å². The van der Waals surface area contributed by atoms with Gasteiger partial charge in [0, 0.05) is 49.9 Å². The Bertz CT molecular complexity index is 469. The fraction of sp³-hybridized carbons (Fsp3) is 0.600. The number of piperidine rings is 1. The highest BCUT2D eigenvalue weighted by atomic mass is 16.3. The highest BCUT2D eigenvalue weighted by Crippen LogP contribution is 2.42. The highest BCUT2D eigenvalue weighted by Gasteiger charge is 2.48. The molecule has 1 unspecified atom stereocenters. The van der Waals surface area contributed by atoms with Crippen LogP contribution in [0.2, 0.25) is 0 Å². The summed E-state index contributed by atoms with van der Waals surface area (Å²) in [4.78, 5) is 18.4. The smallest absolute Gasteiger partial charge is 0.221 e. The predicted octanol–water partition coefficient (Wildman–Crippen LogP) is 0.512. The molecule has 1 atom stereocenters. The maximum absolute atomic E-state index is 11.9. The molecule has 0 bridgehead atoms. The van der Waals surface area contributed by atoms with Gasteiger partial charge in [-0.25, -0.2) is 0 Å². The summed E-state index contributed by atoms with van der Waals surface area (Å²) in [5, 5.41) is 12.3. The summed E-state index contributed by atoms with van der Waals surface area (Å²) in [7, 11) is 0. The summed E-state index contributed by atoms with van der Waals surface area (Å²) in [6.07, 6.45) is 6.10. The van der Waals surface area contributed by atoms with Gasteiger partial charge in [-0.3, -0.25) is 9.78 Å². The Hall–Kier alpha value is -1.46. The molecule has 20 heavy (non-hydrogen) atoms. The van der Waals surface area contributed by atoms with Crippen LogP contribution in [0.15, 0.2) is 24.5 Å². The number of nitrogens with zero attached hydrogens (tertiary/aromatic N) is 2. The molecule has 108 valence electrons. The number of pyridine rings is 1. The van der Waals surface area contributed by atoms with E-state index in [1.807, 2.05) is 12.3 Å². The second kappa shape index (κ2) is 5.50. The van der Waals surface area contributed by atoms with Crippen LogP contribution in [0.1, 0.15) is 30.7 Å². The van der Waals surface area contributed by atoms with Crippen molar-refractivity contribution in [3.8, 4) is 0 Å². The number of carbonyl (C=O) groups is 1. The number of nitrogens with one attached hydrogen (secondary N) is 1. The Balaban J connectivity index is 1.79. The molecule has 2 N–H and O–H groups in total. The number of hydrogen-bond donors (Lipinski definition) is 2. The van der Waals surface area contributed by atoms with Crippen molar-refractivity contribution in [1.29, 1.82) is 0 Å². The minimum Gasteiger partial charge on any atom is -0.395 e. The first-order chi connectivity index (χ1) is 9.73. The van der Waals surface area contributed by atoms with Gasteiger partial charge in [-0.2, -0.15) is 0 Å². The normalized spacial score (nSPS) is 25.9. The number of likely N-dealkylation sites (tertiary alicyclic amines) is 1. The van der Waals surface area contributed by atoms with Crippen molar-refractivity contribution in [3.05, 3.63) is 30.1 Å². The molecule has 2 fully saturated rings. The number of β-amino-alcohol motifs (C(OH)–C–C–N with tert-alkyl or cyclic N) is 1. The summed E-state index contributed by atoms with van der Waals surface area (Å²) in [5.74, 6) is 0.370. The monoisotopic (exact) mass is 275 g/mol. The molecule has 2 aliphatic heterocycles. The lowest BCUT2D eigenvalue weighted by atomic mass is 9.75. The molecule has 1 aromatic heterocycles. The lowest BCUT2D eigenvalue weighted by Gasteiger charge is -2.42. The maximum atomic E-state index is 11.9. The first-order valence-electron chi connectivity index (χ1n) is 7.28. The molecular formula is C15H21N3O2. The molecular weight excluding hydrogens is 254 g/mol. The standard InChI is InChI=1S/C15H21N3O2/c19-9-8-18-6-3-15(4-7-18)13(10-14(20)17-15)12-2-1-5-16-11-12/h1-2,5,11,13,19H,3-4,6-10H2,(H,17,20). The fourth-order valence-electron chi connectivity index (χ4n) is 3.61. The average molecular weight is 275 g/mol. The molecule has 0 saturated carbocycles. The number of aliphatic hydroxyl groups excluding tert-OH is 1. The number of aliphatic hydroxyl groups is 1. The van der Waals surface area contributed by atoms with E-state index in [1.54, 1.807) is 6.20 Å². The van der Waals surface area contributed by atoms with Crippen LogP contribution in [0.3, 0.4) is 0 Å². The van der Waals surface area contributed by atoms with Crippen LogP contribution in [-0.2, 0) is 4.79 Å². The van der Waals surface area contributed by atoms with Gasteiger partial charge in [0.2, 0.25) is 5.91 Å². The number of amides is 1. The lowest BCUT2D eigenvalue weighted by Crippen LogP contribution is -2.53. The van der Waals surface area contributed by atoms with Crippen LogP contribution >= 0.6 is 0 Å². The molecule has 2 saturated heterocycles. The van der Waals surface area contributed by atoms with Crippen LogP contribution in [0, 0.1) is 0 Å². The van der Waals surface area contributed by atoms with Crippen LogP contribution in [-0.4, -0.2) is 52.7 Å². The second-order valence-electron chi connectivity index (χ2n) is 5.81. The van der Waals surface area contributed by atoms with E-state index in [9.17, 15) is 4.79 Å². The molecule has 3 rings (SSSR count). The van der Waals surface area contributed by atoms with Crippen LogP contribution in [0.4, 0.5) is 0 Å². The molecule has 1 spiro atoms. The van der Waals surface area contributed by atoms with Crippen molar-refractivity contribution in [2.24, 2.45) is 0 Å². The van der Waals surface area contributed by atoms with Gasteiger partial charge in [0.1, 0.15) is 0 Å². The molecule has 5 heteroatoms. The van der Waals surface area contributed by atoms with Crippen molar-refractivity contribution in [2.45, 2.75) is 30.7 Å². The summed E-state index contributed by atoms with van der Waals surface area (Å²) in [6.45, 7) is 2.78. The van der Waals surface area contributed by atoms with Gasteiger partial charge < -0.3 is 15.3 Å². The van der Waals surface area contributed by atoms with E-state index in [-0.39, 0.29) is 24.0 Å². The zero-order chi connectivity index (χ0) is 14.0. The predicted molar refractivity (Wildman–Crippen MR) is 75.2 cm³/mol. The molecule has 0 aliphatic carbocycles. The van der Waals surface area contributed by atoms with Gasteiger partial charge in [0.15, 0.2) is 0 Å². The number of aromatic nitrogens is 1. The quantitative estimate of drug-likeness (QED) is 0.843. The van der Waals surface area contributed by atoms with E-state index in [0.717, 1.165) is 38.0 Å². The van der Waals surface area contributed by atoms with Gasteiger partial charge in [-0.15, -0.1) is 0 Å². The second-order valence-corrected chi connectivity index (χ2v) is 5.81. The third kappa shape index (κ3) is 2.43. The minimum atomic E-state index is -0.119. The first kappa shape index (κ1) is 13.5. The largest absolute Gasteiger partial charge is 0.395 e. The molecule has 5 nitrogen and oxygen atoms in total. The first-order valence-corrected chi connectivity index (χ1v) is 7.28. The van der Waals surface area contributed by atoms with E-state index >= 15 is 0 Å². The zero-order valence-electron chi connectivity index (χ0n) is 11.6. The Morgan fingerprint density at radius 2 is 2.25 bits per heavy atom. The summed E-state index contributed by atoms with van der Waals surface area (Å²) >= 11 is 0. The van der Waals surface area contributed by atoms with Crippen LogP contribution in [0.25, 0.3) is 0 Å². The van der Waals surface area contributed by atoms with E-state index in [2.05, 4.69) is 21.3 Å². The van der Waals surface area contributed by atoms with Gasteiger partial charge in [0.05, 0.1) is 6.61 Å². The van der Waals surface area contributed by atoms with Crippen molar-refractivity contribution in [2.75, 3.05) is 26.2 Å². The van der Waals surface area contributed by atoms with Crippen molar-refractivity contribution >= 4 is 5.91 Å². The average Bonchev–Trinajstić information content (AvgIpc) is 2.79. The topological polar surface area (TPSA) is 65.5 Å². The summed E-state index contributed by atoms with van der Waals surface area (Å²) < 4.78 is 0. The Morgan fingerprint density at radius 3 is 2.90 bits per heavy atom. The third-order valence-corrected chi connectivity index (χ3v) is 4.70. The molecule has 2 aliphatic rings. The zero-order valence-corrected chi connectivity index (χ0v) is 11.6. The Morgan fingerprint density at radius 1 is 1.45 bits per heavy atom. The molecule has 3 heterocycles. The Labute approximate surface area is 119 Å². The van der Waals surface area contributed by atoms with E-state index < -0.39 is 0 Å². The minimum absolute atomic E-state index is 0.119. The highest BCUT2D eigenvalue weighted by molar-refractivity contribution is 5.81. The van der Waals surface area contributed by atoms with Crippen molar-refractivity contribution < 1.29 is 9.90 Å². The Kier molecular flexibility index (Phi) is 3.72. The van der Waals surface area contributed by atoms with E-state index in [1.165, 1.54) is 0 Å². The third-order valence-electron chi connectivity index (χ3n) is 4.70. The molecule has 1 amide bonds. The number of rotatable bonds is 3. The van der Waals surface area contributed by atoms with Gasteiger partial charge in [-0.05, 0) is 24.5 Å². The van der Waals surface area contributed by atoms with Crippen molar-refractivity contribution in [3.63, 3.8) is 0 Å². The van der Waals surface area contributed by atoms with Gasteiger partial charge in [-0.1, -0.05) is 6.07 Å². The number of carbonyl (C=O) groups excluding carboxylic acids is 1. The van der Waals surface area contributed by atoms with Gasteiger partial charge in [0.25, 0.3) is 0 Å². The van der Waals surface area contributed by atoms with Gasteiger partial charge >= 0.3 is 0 Å². The van der Waals surface area contributed by atoms with Crippen molar-refractivity contribution in [1.82, 2.24) is 15.2 Å². The van der Waals surface area contributed by atoms with Crippen LogP contribution < -0.4 is 5.32 Å². The van der Waals surface area contributed by atoms with Crippen LogP contribution in [0.5, 0.6) is 0 Å². The fourth-order valence-corrected chi connectivity index (χ4v) is 3.61. The van der Waals surface area contributed by atoms with E-state index in [0.29, 0.717) is 6.42 Å². The maximum Gasteiger partial charge on any atom is 0.221 e. The molecule has 0 radical (unpaired) electrons. The molecule has 0 aromatic carbocycles. The SMILES string of the molecule is O=C1CC(c2cccnc2)C2(CCN(CCO)CC2)N1. The number of hydrogen-bond acceptors (Lipinski definition) is 4. The summed E-state index contributed by atoms with van der Waals surface area (Å²) in [6, 6.07) is 4.01. The molecule has 1 aromatic rings. The lowest BCUT2D eigenvalue weighted by molar-refractivity contribution is -0.120. The summed E-state index contributed by atoms with van der Waals surface area (Å²) in [5.41, 5.74) is 1.04.